The van der Waals surface area contributed by atoms with Gasteiger partial charge in [0.1, 0.15) is 12.0 Å². The van der Waals surface area contributed by atoms with Crippen LogP contribution in [0.15, 0.2) is 30.6 Å². The van der Waals surface area contributed by atoms with Crippen LogP contribution in [-0.4, -0.2) is 39.0 Å². The number of halogens is 1. The lowest BCUT2D eigenvalue weighted by Gasteiger charge is -2.15. The number of rotatable bonds is 7. The first-order valence-electron chi connectivity index (χ1n) is 8.44. The summed E-state index contributed by atoms with van der Waals surface area (Å²) in [5.74, 6) is 0.532. The largest absolute Gasteiger partial charge is 0.385 e. The number of hydrogen-bond donors (Lipinski definition) is 1. The van der Waals surface area contributed by atoms with Crippen molar-refractivity contribution >= 4 is 28.4 Å². The van der Waals surface area contributed by atoms with E-state index in [1.165, 1.54) is 0 Å². The zero-order chi connectivity index (χ0) is 18.7. The lowest BCUT2D eigenvalue weighted by molar-refractivity contribution is 0.0929. The molecule has 2 aromatic heterocycles. The van der Waals surface area contributed by atoms with Gasteiger partial charge >= 0.3 is 0 Å². The van der Waals surface area contributed by atoms with Crippen LogP contribution in [0.1, 0.15) is 35.7 Å². The predicted octanol–water partition coefficient (Wildman–Crippen LogP) is 2.95. The van der Waals surface area contributed by atoms with E-state index in [0.717, 1.165) is 23.9 Å². The number of carbonyl (C=O) groups excluding carboxylic acids is 1. The molecule has 3 aromatic rings. The minimum absolute atomic E-state index is 0.182. The van der Waals surface area contributed by atoms with Gasteiger partial charge in [-0.1, -0.05) is 17.7 Å². The quantitative estimate of drug-likeness (QED) is 0.644. The number of methoxy groups -OCH3 is 1. The van der Waals surface area contributed by atoms with Crippen LogP contribution in [0, 0.1) is 0 Å². The SMILES string of the molecule is COCCCn1cnnc1[C@@H](C)NC(=O)c1cc2c(Cl)cccc2n1C. The number of aryl methyl sites for hydroxylation is 2. The van der Waals surface area contributed by atoms with Crippen molar-refractivity contribution in [1.82, 2.24) is 24.6 Å². The van der Waals surface area contributed by atoms with Gasteiger partial charge in [0.25, 0.3) is 5.91 Å². The fraction of sp³-hybridized carbons (Fsp3) is 0.389. The molecule has 0 unspecified atom stereocenters. The highest BCUT2D eigenvalue weighted by atomic mass is 35.5. The second kappa shape index (κ2) is 7.88. The minimum atomic E-state index is -0.277. The van der Waals surface area contributed by atoms with Gasteiger partial charge in [0.05, 0.1) is 6.04 Å². The molecule has 3 rings (SSSR count). The first kappa shape index (κ1) is 18.4. The van der Waals surface area contributed by atoms with E-state index in [-0.39, 0.29) is 11.9 Å². The molecule has 0 radical (unpaired) electrons. The van der Waals surface area contributed by atoms with Crippen LogP contribution in [0.2, 0.25) is 5.02 Å². The molecule has 0 aliphatic rings. The third-order valence-electron chi connectivity index (χ3n) is 4.39. The van der Waals surface area contributed by atoms with Crippen LogP contribution in [0.5, 0.6) is 0 Å². The molecule has 0 aliphatic heterocycles. The van der Waals surface area contributed by atoms with Crippen molar-refractivity contribution in [2.45, 2.75) is 25.9 Å². The highest BCUT2D eigenvalue weighted by Gasteiger charge is 2.20. The first-order chi connectivity index (χ1) is 12.5. The molecule has 0 fully saturated rings. The van der Waals surface area contributed by atoms with Crippen LogP contribution in [0.3, 0.4) is 0 Å². The number of amides is 1. The van der Waals surface area contributed by atoms with E-state index in [1.54, 1.807) is 13.4 Å². The number of carbonyl (C=O) groups is 1. The molecule has 138 valence electrons. The fourth-order valence-electron chi connectivity index (χ4n) is 3.03. The summed E-state index contributed by atoms with van der Waals surface area (Å²) in [5, 5.41) is 12.6. The van der Waals surface area contributed by atoms with Crippen molar-refractivity contribution in [2.24, 2.45) is 7.05 Å². The summed E-state index contributed by atoms with van der Waals surface area (Å²) in [6, 6.07) is 7.16. The highest BCUT2D eigenvalue weighted by molar-refractivity contribution is 6.35. The molecule has 1 aromatic carbocycles. The van der Waals surface area contributed by atoms with Crippen LogP contribution in [-0.2, 0) is 18.3 Å². The van der Waals surface area contributed by atoms with Crippen molar-refractivity contribution in [3.8, 4) is 0 Å². The Morgan fingerprint density at radius 2 is 2.23 bits per heavy atom. The van der Waals surface area contributed by atoms with Crippen LogP contribution in [0.25, 0.3) is 10.9 Å². The van der Waals surface area contributed by atoms with E-state index in [4.69, 9.17) is 16.3 Å². The Bertz CT molecular complexity index is 918. The Balaban J connectivity index is 1.77. The van der Waals surface area contributed by atoms with E-state index in [1.807, 2.05) is 47.4 Å². The number of hydrogen-bond acceptors (Lipinski definition) is 4. The molecular formula is C18H22ClN5O2. The van der Waals surface area contributed by atoms with Crippen molar-refractivity contribution in [2.75, 3.05) is 13.7 Å². The fourth-order valence-corrected chi connectivity index (χ4v) is 3.25. The number of fused-ring (bicyclic) bond motifs is 1. The molecule has 1 atom stereocenters. The molecule has 1 N–H and O–H groups in total. The number of benzene rings is 1. The zero-order valence-corrected chi connectivity index (χ0v) is 15.8. The lowest BCUT2D eigenvalue weighted by atomic mass is 10.2. The van der Waals surface area contributed by atoms with Crippen molar-refractivity contribution in [3.63, 3.8) is 0 Å². The summed E-state index contributed by atoms with van der Waals surface area (Å²) in [7, 11) is 3.53. The van der Waals surface area contributed by atoms with Crippen LogP contribution < -0.4 is 5.32 Å². The maximum absolute atomic E-state index is 12.8. The summed E-state index contributed by atoms with van der Waals surface area (Å²) in [4.78, 5) is 12.8. The summed E-state index contributed by atoms with van der Waals surface area (Å²) in [6.45, 7) is 3.29. The first-order valence-corrected chi connectivity index (χ1v) is 8.82. The standard InChI is InChI=1S/C18H22ClN5O2/c1-12(17-22-20-11-24(17)8-5-9-26-3)21-18(25)16-10-13-14(19)6-4-7-15(13)23(16)2/h4,6-7,10-12H,5,8-9H2,1-3H3,(H,21,25)/t12-/m1/s1. The molecule has 26 heavy (non-hydrogen) atoms. The molecule has 0 saturated heterocycles. The van der Waals surface area contributed by atoms with Crippen molar-refractivity contribution in [3.05, 3.63) is 47.1 Å². The summed E-state index contributed by atoms with van der Waals surface area (Å²) < 4.78 is 8.85. The van der Waals surface area contributed by atoms with E-state index >= 15 is 0 Å². The average Bonchev–Trinajstić information content (AvgIpc) is 3.21. The molecule has 7 nitrogen and oxygen atoms in total. The van der Waals surface area contributed by atoms with Gasteiger partial charge < -0.3 is 19.2 Å². The van der Waals surface area contributed by atoms with Gasteiger partial charge in [-0.2, -0.15) is 0 Å². The Morgan fingerprint density at radius 1 is 1.42 bits per heavy atom. The third kappa shape index (κ3) is 3.59. The molecule has 0 aliphatic carbocycles. The summed E-state index contributed by atoms with van der Waals surface area (Å²) >= 11 is 6.24. The molecular weight excluding hydrogens is 354 g/mol. The summed E-state index contributed by atoms with van der Waals surface area (Å²) in [5.41, 5.74) is 1.46. The number of nitrogens with one attached hydrogen (secondary N) is 1. The van der Waals surface area contributed by atoms with Gasteiger partial charge in [-0.3, -0.25) is 4.79 Å². The van der Waals surface area contributed by atoms with Gasteiger partial charge in [-0.05, 0) is 31.5 Å². The topological polar surface area (TPSA) is 74.0 Å². The maximum Gasteiger partial charge on any atom is 0.268 e. The lowest BCUT2D eigenvalue weighted by Crippen LogP contribution is -2.30. The van der Waals surface area contributed by atoms with Crippen LogP contribution in [0.4, 0.5) is 0 Å². The smallest absolute Gasteiger partial charge is 0.268 e. The maximum atomic E-state index is 12.8. The Kier molecular flexibility index (Phi) is 5.58. The molecule has 0 saturated carbocycles. The van der Waals surface area contributed by atoms with Gasteiger partial charge in [-0.25, -0.2) is 0 Å². The number of nitrogens with zero attached hydrogens (tertiary/aromatic N) is 4. The Labute approximate surface area is 156 Å². The normalized spacial score (nSPS) is 12.5. The zero-order valence-electron chi connectivity index (χ0n) is 15.1. The van der Waals surface area contributed by atoms with Crippen molar-refractivity contribution < 1.29 is 9.53 Å². The van der Waals surface area contributed by atoms with E-state index in [9.17, 15) is 4.79 Å². The van der Waals surface area contributed by atoms with E-state index < -0.39 is 0 Å². The Morgan fingerprint density at radius 3 is 2.96 bits per heavy atom. The van der Waals surface area contributed by atoms with Crippen LogP contribution >= 0.6 is 11.6 Å². The van der Waals surface area contributed by atoms with Gasteiger partial charge in [0, 0.05) is 43.2 Å². The van der Waals surface area contributed by atoms with E-state index in [0.29, 0.717) is 23.1 Å². The van der Waals surface area contributed by atoms with Gasteiger partial charge in [0.15, 0.2) is 5.82 Å². The third-order valence-corrected chi connectivity index (χ3v) is 4.72. The summed E-state index contributed by atoms with van der Waals surface area (Å²) in [6.07, 6.45) is 2.52. The van der Waals surface area contributed by atoms with Crippen molar-refractivity contribution in [1.29, 1.82) is 0 Å². The Hall–Kier alpha value is -2.38. The minimum Gasteiger partial charge on any atom is -0.385 e. The number of aromatic nitrogens is 4. The molecule has 0 bridgehead atoms. The molecule has 2 heterocycles. The average molecular weight is 376 g/mol. The highest BCUT2D eigenvalue weighted by Crippen LogP contribution is 2.26. The second-order valence-electron chi connectivity index (χ2n) is 6.19. The monoisotopic (exact) mass is 375 g/mol. The predicted molar refractivity (Wildman–Crippen MR) is 100 cm³/mol. The van der Waals surface area contributed by atoms with Gasteiger partial charge in [0.2, 0.25) is 0 Å². The molecule has 1 amide bonds. The molecule has 8 heteroatoms. The van der Waals surface area contributed by atoms with Gasteiger partial charge in [-0.15, -0.1) is 10.2 Å². The van der Waals surface area contributed by atoms with E-state index in [2.05, 4.69) is 15.5 Å². The molecule has 0 spiro atoms. The second-order valence-corrected chi connectivity index (χ2v) is 6.59. The number of ether oxygens (including phenoxy) is 1.